The fourth-order valence-corrected chi connectivity index (χ4v) is 2.21. The summed E-state index contributed by atoms with van der Waals surface area (Å²) in [6.45, 7) is 1.66. The topological polar surface area (TPSA) is 59.1 Å². The Balaban J connectivity index is 2.39. The van der Waals surface area contributed by atoms with Crippen LogP contribution in [0.4, 0.5) is 8.78 Å². The van der Waals surface area contributed by atoms with Crippen LogP contribution in [-0.2, 0) is 0 Å². The minimum atomic E-state index is -0.665. The van der Waals surface area contributed by atoms with E-state index in [2.05, 4.69) is 15.9 Å². The molecule has 0 amide bonds. The van der Waals surface area contributed by atoms with Gasteiger partial charge in [-0.25, -0.2) is 8.78 Å². The first kappa shape index (κ1) is 14.5. The fraction of sp³-hybridized carbons (Fsp3) is 0.0714. The monoisotopic (exact) mass is 340 g/mol. The number of nitrogens with one attached hydrogen (secondary N) is 1. The maximum atomic E-state index is 14.1. The van der Waals surface area contributed by atoms with Gasteiger partial charge in [-0.05, 0) is 58.7 Å². The predicted molar refractivity (Wildman–Crippen MR) is 76.3 cm³/mol. The molecule has 0 aliphatic rings. The number of hydrogen-bond donors (Lipinski definition) is 2. The van der Waals surface area contributed by atoms with Gasteiger partial charge in [0.1, 0.15) is 17.4 Å². The molecule has 0 radical (unpaired) electrons. The molecule has 0 heterocycles. The molecule has 0 aliphatic carbocycles. The van der Waals surface area contributed by atoms with Gasteiger partial charge in [-0.15, -0.1) is 0 Å². The Morgan fingerprint density at radius 1 is 1.20 bits per heavy atom. The standard InChI is InChI=1S/C14H11BrF2N2O/c1-7-6-8(16)2-4-10(7)20-11-5-3-9(14(18)19)12(15)13(11)17/h2-6H,1H3,(H3,18,19). The maximum Gasteiger partial charge on any atom is 0.180 e. The van der Waals surface area contributed by atoms with Gasteiger partial charge in [0.2, 0.25) is 0 Å². The zero-order chi connectivity index (χ0) is 14.9. The Kier molecular flexibility index (Phi) is 4.04. The molecule has 0 unspecified atom stereocenters. The van der Waals surface area contributed by atoms with E-state index in [0.717, 1.165) is 0 Å². The molecule has 104 valence electrons. The van der Waals surface area contributed by atoms with Crippen molar-refractivity contribution in [2.45, 2.75) is 6.92 Å². The molecule has 2 aromatic rings. The average molecular weight is 341 g/mol. The van der Waals surface area contributed by atoms with Crippen LogP contribution in [0.15, 0.2) is 34.8 Å². The van der Waals surface area contributed by atoms with Gasteiger partial charge >= 0.3 is 0 Å². The van der Waals surface area contributed by atoms with E-state index in [1.165, 1.54) is 30.3 Å². The third kappa shape index (κ3) is 2.80. The first-order valence-electron chi connectivity index (χ1n) is 5.66. The lowest BCUT2D eigenvalue weighted by Gasteiger charge is -2.12. The Bertz CT molecular complexity index is 689. The molecule has 2 rings (SSSR count). The molecule has 0 aliphatic heterocycles. The van der Waals surface area contributed by atoms with Crippen LogP contribution in [0.25, 0.3) is 0 Å². The van der Waals surface area contributed by atoms with Crippen molar-refractivity contribution in [2.24, 2.45) is 5.73 Å². The summed E-state index contributed by atoms with van der Waals surface area (Å²) in [4.78, 5) is 0. The number of nitrogens with two attached hydrogens (primary N) is 1. The number of benzene rings is 2. The minimum Gasteiger partial charge on any atom is -0.454 e. The summed E-state index contributed by atoms with van der Waals surface area (Å²) < 4.78 is 32.6. The smallest absolute Gasteiger partial charge is 0.180 e. The molecule has 0 fully saturated rings. The molecule has 3 nitrogen and oxygen atoms in total. The number of halogens is 3. The first-order valence-corrected chi connectivity index (χ1v) is 6.46. The lowest BCUT2D eigenvalue weighted by atomic mass is 10.2. The van der Waals surface area contributed by atoms with Gasteiger partial charge in [0.15, 0.2) is 11.6 Å². The van der Waals surface area contributed by atoms with Crippen LogP contribution in [0.3, 0.4) is 0 Å². The number of rotatable bonds is 3. The van der Waals surface area contributed by atoms with Gasteiger partial charge < -0.3 is 10.5 Å². The van der Waals surface area contributed by atoms with Crippen LogP contribution in [-0.4, -0.2) is 5.84 Å². The molecule has 0 saturated heterocycles. The van der Waals surface area contributed by atoms with Gasteiger partial charge in [0.25, 0.3) is 0 Å². The van der Waals surface area contributed by atoms with Crippen molar-refractivity contribution in [3.63, 3.8) is 0 Å². The van der Waals surface area contributed by atoms with Gasteiger partial charge in [-0.1, -0.05) is 0 Å². The van der Waals surface area contributed by atoms with Crippen LogP contribution < -0.4 is 10.5 Å². The second-order valence-corrected chi connectivity index (χ2v) is 4.96. The Labute approximate surface area is 123 Å². The number of hydrogen-bond acceptors (Lipinski definition) is 2. The highest BCUT2D eigenvalue weighted by molar-refractivity contribution is 9.10. The highest BCUT2D eigenvalue weighted by Gasteiger charge is 2.15. The van der Waals surface area contributed by atoms with Crippen molar-refractivity contribution in [1.82, 2.24) is 0 Å². The van der Waals surface area contributed by atoms with Crippen LogP contribution in [0.1, 0.15) is 11.1 Å². The van der Waals surface area contributed by atoms with E-state index in [1.54, 1.807) is 6.92 Å². The van der Waals surface area contributed by atoms with Gasteiger partial charge in [0, 0.05) is 5.56 Å². The zero-order valence-corrected chi connectivity index (χ0v) is 12.1. The maximum absolute atomic E-state index is 14.1. The molecule has 0 spiro atoms. The second-order valence-electron chi connectivity index (χ2n) is 4.16. The van der Waals surface area contributed by atoms with Crippen LogP contribution in [0.2, 0.25) is 0 Å². The SMILES string of the molecule is Cc1cc(F)ccc1Oc1ccc(C(=N)N)c(Br)c1F. The van der Waals surface area contributed by atoms with Gasteiger partial charge in [-0.2, -0.15) is 0 Å². The molecule has 6 heteroatoms. The molecule has 3 N–H and O–H groups in total. The lowest BCUT2D eigenvalue weighted by molar-refractivity contribution is 0.436. The fourth-order valence-electron chi connectivity index (χ4n) is 1.66. The first-order chi connectivity index (χ1) is 9.40. The molecule has 0 saturated carbocycles. The number of aryl methyl sites for hydroxylation is 1. The normalized spacial score (nSPS) is 10.4. The van der Waals surface area contributed by atoms with E-state index in [9.17, 15) is 8.78 Å². The van der Waals surface area contributed by atoms with E-state index in [0.29, 0.717) is 11.3 Å². The van der Waals surface area contributed by atoms with Crippen molar-refractivity contribution >= 4 is 21.8 Å². The molecule has 2 aromatic carbocycles. The summed E-state index contributed by atoms with van der Waals surface area (Å²) in [7, 11) is 0. The predicted octanol–water partition coefficient (Wildman–Crippen LogP) is 4.11. The van der Waals surface area contributed by atoms with Crippen LogP contribution in [0.5, 0.6) is 11.5 Å². The Hall–Kier alpha value is -1.95. The third-order valence-corrected chi connectivity index (χ3v) is 3.47. The van der Waals surface area contributed by atoms with E-state index in [-0.39, 0.29) is 27.4 Å². The molecule has 0 atom stereocenters. The second kappa shape index (κ2) is 5.58. The van der Waals surface area contributed by atoms with E-state index in [1.807, 2.05) is 0 Å². The van der Waals surface area contributed by atoms with Gasteiger partial charge in [-0.3, -0.25) is 5.41 Å². The minimum absolute atomic E-state index is 0.0309. The van der Waals surface area contributed by atoms with E-state index < -0.39 is 5.82 Å². The third-order valence-electron chi connectivity index (χ3n) is 2.69. The largest absolute Gasteiger partial charge is 0.454 e. The average Bonchev–Trinajstić information content (AvgIpc) is 2.37. The molecular formula is C14H11BrF2N2O. The molecule has 0 bridgehead atoms. The summed E-state index contributed by atoms with van der Waals surface area (Å²) in [5.74, 6) is -0.977. The summed E-state index contributed by atoms with van der Waals surface area (Å²) >= 11 is 3.04. The van der Waals surface area contributed by atoms with Crippen molar-refractivity contribution in [3.8, 4) is 11.5 Å². The Morgan fingerprint density at radius 2 is 1.85 bits per heavy atom. The van der Waals surface area contributed by atoms with Crippen molar-refractivity contribution < 1.29 is 13.5 Å². The number of ether oxygens (including phenoxy) is 1. The van der Waals surface area contributed by atoms with Crippen LogP contribution in [0, 0.1) is 24.0 Å². The quantitative estimate of drug-likeness (QED) is 0.652. The summed E-state index contributed by atoms with van der Waals surface area (Å²) in [6.07, 6.45) is 0. The summed E-state index contributed by atoms with van der Waals surface area (Å²) in [6, 6.07) is 6.81. The van der Waals surface area contributed by atoms with Crippen molar-refractivity contribution in [2.75, 3.05) is 0 Å². The van der Waals surface area contributed by atoms with Crippen molar-refractivity contribution in [1.29, 1.82) is 5.41 Å². The number of amidine groups is 1. The van der Waals surface area contributed by atoms with Gasteiger partial charge in [0.05, 0.1) is 4.47 Å². The Morgan fingerprint density at radius 3 is 2.45 bits per heavy atom. The summed E-state index contributed by atoms with van der Waals surface area (Å²) in [5.41, 5.74) is 6.12. The highest BCUT2D eigenvalue weighted by atomic mass is 79.9. The zero-order valence-electron chi connectivity index (χ0n) is 10.5. The number of nitrogen functional groups attached to an aromatic ring is 1. The lowest BCUT2D eigenvalue weighted by Crippen LogP contribution is -2.12. The van der Waals surface area contributed by atoms with Crippen molar-refractivity contribution in [3.05, 3.63) is 57.6 Å². The van der Waals surface area contributed by atoms with Crippen LogP contribution >= 0.6 is 15.9 Å². The van der Waals surface area contributed by atoms with E-state index >= 15 is 0 Å². The molecule has 0 aromatic heterocycles. The van der Waals surface area contributed by atoms with E-state index in [4.69, 9.17) is 15.9 Å². The highest BCUT2D eigenvalue weighted by Crippen LogP contribution is 2.32. The molecule has 20 heavy (non-hydrogen) atoms. The summed E-state index contributed by atoms with van der Waals surface area (Å²) in [5, 5.41) is 7.32. The molecular weight excluding hydrogens is 330 g/mol.